The average molecular weight is 358 g/mol. The van der Waals surface area contributed by atoms with Crippen LogP contribution >= 0.6 is 11.3 Å². The van der Waals surface area contributed by atoms with Crippen LogP contribution in [0.5, 0.6) is 0 Å². The SMILES string of the molecule is Cc1ccc(-c2ccc(C=c3sc4nc5ccccc5n4c3=O)o2)cc1. The molecular weight excluding hydrogens is 344 g/mol. The summed E-state index contributed by atoms with van der Waals surface area (Å²) in [5.74, 6) is 1.45. The maximum absolute atomic E-state index is 12.8. The van der Waals surface area contributed by atoms with Gasteiger partial charge in [-0.2, -0.15) is 0 Å². The standard InChI is InChI=1S/C21H14N2O2S/c1-13-6-8-14(9-7-13)18-11-10-15(25-18)12-19-20(24)23-17-5-3-2-4-16(17)22-21(23)26-19/h2-12H,1H3. The third kappa shape index (κ3) is 2.36. The zero-order valence-electron chi connectivity index (χ0n) is 14.0. The molecule has 0 saturated heterocycles. The van der Waals surface area contributed by atoms with Gasteiger partial charge in [0.05, 0.1) is 11.0 Å². The summed E-state index contributed by atoms with van der Waals surface area (Å²) in [6.07, 6.45) is 1.79. The molecule has 126 valence electrons. The molecule has 0 aliphatic heterocycles. The van der Waals surface area contributed by atoms with E-state index in [1.54, 1.807) is 10.5 Å². The van der Waals surface area contributed by atoms with E-state index in [2.05, 4.69) is 24.0 Å². The fraction of sp³-hybridized carbons (Fsp3) is 0.0476. The van der Waals surface area contributed by atoms with E-state index in [0.29, 0.717) is 15.3 Å². The molecule has 0 unspecified atom stereocenters. The van der Waals surface area contributed by atoms with Crippen molar-refractivity contribution in [3.05, 3.63) is 86.9 Å². The van der Waals surface area contributed by atoms with Crippen molar-refractivity contribution in [1.82, 2.24) is 9.38 Å². The topological polar surface area (TPSA) is 47.5 Å². The van der Waals surface area contributed by atoms with Gasteiger partial charge in [-0.05, 0) is 31.2 Å². The van der Waals surface area contributed by atoms with Gasteiger partial charge in [-0.3, -0.25) is 4.79 Å². The predicted octanol–water partition coefficient (Wildman–Crippen LogP) is 4.03. The van der Waals surface area contributed by atoms with Crippen molar-refractivity contribution in [2.45, 2.75) is 6.92 Å². The van der Waals surface area contributed by atoms with Crippen molar-refractivity contribution in [2.75, 3.05) is 0 Å². The lowest BCUT2D eigenvalue weighted by molar-refractivity contribution is 0.571. The van der Waals surface area contributed by atoms with Crippen molar-refractivity contribution in [3.63, 3.8) is 0 Å². The monoisotopic (exact) mass is 358 g/mol. The van der Waals surface area contributed by atoms with E-state index in [1.807, 2.05) is 48.5 Å². The van der Waals surface area contributed by atoms with Crippen LogP contribution in [0.15, 0.2) is 69.9 Å². The molecule has 5 heteroatoms. The highest BCUT2D eigenvalue weighted by Gasteiger charge is 2.11. The number of furan rings is 1. The highest BCUT2D eigenvalue weighted by atomic mass is 32.1. The molecule has 0 N–H and O–H groups in total. The minimum atomic E-state index is -0.0630. The molecule has 0 atom stereocenters. The summed E-state index contributed by atoms with van der Waals surface area (Å²) in [6, 6.07) is 19.6. The molecule has 26 heavy (non-hydrogen) atoms. The first-order valence-corrected chi connectivity index (χ1v) is 9.09. The van der Waals surface area contributed by atoms with E-state index in [9.17, 15) is 4.79 Å². The Morgan fingerprint density at radius 1 is 1.04 bits per heavy atom. The molecule has 5 rings (SSSR count). The Morgan fingerprint density at radius 3 is 2.69 bits per heavy atom. The van der Waals surface area contributed by atoms with Gasteiger partial charge in [-0.15, -0.1) is 0 Å². The van der Waals surface area contributed by atoms with Crippen molar-refractivity contribution in [1.29, 1.82) is 0 Å². The number of fused-ring (bicyclic) bond motifs is 3. The smallest absolute Gasteiger partial charge is 0.275 e. The lowest BCUT2D eigenvalue weighted by atomic mass is 10.1. The van der Waals surface area contributed by atoms with Gasteiger partial charge in [0.25, 0.3) is 5.56 Å². The normalized spacial score (nSPS) is 12.4. The number of hydrogen-bond acceptors (Lipinski definition) is 4. The molecule has 0 saturated carbocycles. The van der Waals surface area contributed by atoms with Gasteiger partial charge < -0.3 is 4.42 Å². The number of benzene rings is 2. The van der Waals surface area contributed by atoms with Crippen LogP contribution in [-0.4, -0.2) is 9.38 Å². The summed E-state index contributed by atoms with van der Waals surface area (Å²) in [5.41, 5.74) is 3.83. The molecule has 3 heterocycles. The summed E-state index contributed by atoms with van der Waals surface area (Å²) in [7, 11) is 0. The first kappa shape index (κ1) is 15.1. The van der Waals surface area contributed by atoms with Crippen LogP contribution in [0.4, 0.5) is 0 Å². The van der Waals surface area contributed by atoms with Gasteiger partial charge in [0.2, 0.25) is 0 Å². The first-order chi connectivity index (χ1) is 12.7. The number of rotatable bonds is 2. The summed E-state index contributed by atoms with van der Waals surface area (Å²) >= 11 is 1.38. The van der Waals surface area contributed by atoms with E-state index in [0.717, 1.165) is 22.4 Å². The van der Waals surface area contributed by atoms with Crippen molar-refractivity contribution >= 4 is 33.4 Å². The Kier molecular flexibility index (Phi) is 3.30. The predicted molar refractivity (Wildman–Crippen MR) is 105 cm³/mol. The van der Waals surface area contributed by atoms with E-state index < -0.39 is 0 Å². The van der Waals surface area contributed by atoms with Gasteiger partial charge >= 0.3 is 0 Å². The molecule has 0 amide bonds. The van der Waals surface area contributed by atoms with E-state index in [-0.39, 0.29) is 5.56 Å². The highest BCUT2D eigenvalue weighted by Crippen LogP contribution is 2.23. The van der Waals surface area contributed by atoms with Crippen molar-refractivity contribution in [3.8, 4) is 11.3 Å². The second-order valence-corrected chi connectivity index (χ2v) is 7.21. The minimum Gasteiger partial charge on any atom is -0.457 e. The molecule has 0 aliphatic rings. The fourth-order valence-electron chi connectivity index (χ4n) is 3.04. The number of aryl methyl sites for hydroxylation is 1. The Labute approximate surface area is 152 Å². The number of thiazole rings is 1. The van der Waals surface area contributed by atoms with Gasteiger partial charge in [0, 0.05) is 11.6 Å². The number of aromatic nitrogens is 2. The van der Waals surface area contributed by atoms with Crippen LogP contribution in [0.3, 0.4) is 0 Å². The maximum Gasteiger partial charge on any atom is 0.275 e. The molecule has 2 aromatic carbocycles. The van der Waals surface area contributed by atoms with Crippen LogP contribution in [-0.2, 0) is 0 Å². The zero-order chi connectivity index (χ0) is 17.7. The van der Waals surface area contributed by atoms with Crippen LogP contribution in [0.2, 0.25) is 0 Å². The number of imidazole rings is 1. The Balaban J connectivity index is 1.62. The van der Waals surface area contributed by atoms with Crippen LogP contribution in [0, 0.1) is 6.92 Å². The molecular formula is C21H14N2O2S. The fourth-order valence-corrected chi connectivity index (χ4v) is 4.01. The van der Waals surface area contributed by atoms with Crippen molar-refractivity contribution in [2.24, 2.45) is 0 Å². The molecule has 0 bridgehead atoms. The second-order valence-electron chi connectivity index (χ2n) is 6.20. The first-order valence-electron chi connectivity index (χ1n) is 8.28. The third-order valence-corrected chi connectivity index (χ3v) is 5.35. The molecule has 4 nitrogen and oxygen atoms in total. The van der Waals surface area contributed by atoms with Crippen LogP contribution in [0.1, 0.15) is 11.3 Å². The number of hydrogen-bond donors (Lipinski definition) is 0. The summed E-state index contributed by atoms with van der Waals surface area (Å²) in [6.45, 7) is 2.05. The molecule has 0 aliphatic carbocycles. The quantitative estimate of drug-likeness (QED) is 0.479. The Morgan fingerprint density at radius 2 is 1.85 bits per heavy atom. The lowest BCUT2D eigenvalue weighted by Gasteiger charge is -1.97. The molecule has 0 radical (unpaired) electrons. The summed E-state index contributed by atoms with van der Waals surface area (Å²) in [4.78, 5) is 18.0. The third-order valence-electron chi connectivity index (χ3n) is 4.38. The summed E-state index contributed by atoms with van der Waals surface area (Å²) in [5, 5.41) is 0. The van der Waals surface area contributed by atoms with E-state index >= 15 is 0 Å². The second kappa shape index (κ2) is 5.68. The highest BCUT2D eigenvalue weighted by molar-refractivity contribution is 7.15. The van der Waals surface area contributed by atoms with Crippen molar-refractivity contribution < 1.29 is 4.42 Å². The molecule has 3 aromatic heterocycles. The molecule has 0 fully saturated rings. The van der Waals surface area contributed by atoms with Crippen LogP contribution in [0.25, 0.3) is 33.4 Å². The number of para-hydroxylation sites is 2. The Bertz CT molecular complexity index is 1360. The molecule has 5 aromatic rings. The van der Waals surface area contributed by atoms with Gasteiger partial charge in [0.15, 0.2) is 4.96 Å². The maximum atomic E-state index is 12.8. The molecule has 0 spiro atoms. The van der Waals surface area contributed by atoms with Gasteiger partial charge in [0.1, 0.15) is 16.1 Å². The van der Waals surface area contributed by atoms with E-state index in [1.165, 1.54) is 16.9 Å². The minimum absolute atomic E-state index is 0.0630. The number of nitrogens with zero attached hydrogens (tertiary/aromatic N) is 2. The van der Waals surface area contributed by atoms with Gasteiger partial charge in [-0.1, -0.05) is 53.3 Å². The average Bonchev–Trinajstić information content (AvgIpc) is 3.32. The van der Waals surface area contributed by atoms with Gasteiger partial charge in [-0.25, -0.2) is 9.38 Å². The lowest BCUT2D eigenvalue weighted by Crippen LogP contribution is -2.22. The Hall–Kier alpha value is -3.18. The van der Waals surface area contributed by atoms with Crippen LogP contribution < -0.4 is 10.1 Å². The van der Waals surface area contributed by atoms with E-state index in [4.69, 9.17) is 4.42 Å². The summed E-state index contributed by atoms with van der Waals surface area (Å²) < 4.78 is 8.19. The zero-order valence-corrected chi connectivity index (χ0v) is 14.8. The largest absolute Gasteiger partial charge is 0.457 e.